The maximum absolute atomic E-state index is 14.2. The van der Waals surface area contributed by atoms with E-state index in [1.165, 1.54) is 5.56 Å². The molecule has 0 saturated heterocycles. The smallest absolute Gasteiger partial charge is 0.342 e. The summed E-state index contributed by atoms with van der Waals surface area (Å²) >= 11 is 0. The highest BCUT2D eigenvalue weighted by Gasteiger charge is 2.33. The molecule has 10 heteroatoms. The highest BCUT2D eigenvalue weighted by atomic mass is 31.2. The largest absolute Gasteiger partial charge is 0.507 e. The fourth-order valence-electron chi connectivity index (χ4n) is 5.23. The van der Waals surface area contributed by atoms with Crippen molar-refractivity contribution in [2.24, 2.45) is 0 Å². The first-order chi connectivity index (χ1) is 18.6. The Morgan fingerprint density at radius 1 is 1.26 bits per heavy atom. The van der Waals surface area contributed by atoms with Gasteiger partial charge in [0.15, 0.2) is 0 Å². The number of phenols is 1. The molecule has 210 valence electrons. The molecule has 2 heterocycles. The standard InChI is InChI=1S/C29H37N2O7P/c1-6-23-18(4)25-15-37-29(34)26(25)27(32)24(23)11-8-17(3)16-39(35,31-19(5)28(33)36-7-2)38-22-10-9-20-13-30-14-21(20)12-22/h8-10,12,19,30,32H,6-7,11,13-16H2,1-5H3,(H,31,35)/b17-8+/t19-,39?/m0/s1. The topological polar surface area (TPSA) is 123 Å². The highest BCUT2D eigenvalue weighted by Crippen LogP contribution is 2.46. The summed E-state index contributed by atoms with van der Waals surface area (Å²) in [7, 11) is -3.62. The van der Waals surface area contributed by atoms with Crippen LogP contribution in [0.5, 0.6) is 11.5 Å². The average Bonchev–Trinajstić information content (AvgIpc) is 3.51. The van der Waals surface area contributed by atoms with Crippen molar-refractivity contribution in [3.8, 4) is 11.5 Å². The number of ether oxygens (including phenoxy) is 2. The number of carbonyl (C=O) groups is 2. The minimum atomic E-state index is -3.62. The molecule has 39 heavy (non-hydrogen) atoms. The monoisotopic (exact) mass is 556 g/mol. The number of esters is 2. The Hall–Kier alpha value is -3.13. The van der Waals surface area contributed by atoms with Gasteiger partial charge in [0.2, 0.25) is 0 Å². The van der Waals surface area contributed by atoms with Crippen LogP contribution in [0.3, 0.4) is 0 Å². The molecular formula is C29H37N2O7P. The summed E-state index contributed by atoms with van der Waals surface area (Å²) in [6, 6.07) is 4.76. The lowest BCUT2D eigenvalue weighted by Gasteiger charge is -2.24. The molecule has 4 rings (SSSR count). The van der Waals surface area contributed by atoms with Crippen LogP contribution in [-0.2, 0) is 51.4 Å². The Morgan fingerprint density at radius 3 is 2.72 bits per heavy atom. The molecule has 2 aliphatic rings. The minimum Gasteiger partial charge on any atom is -0.507 e. The second kappa shape index (κ2) is 11.9. The number of hydrogen-bond donors (Lipinski definition) is 3. The number of benzene rings is 2. The summed E-state index contributed by atoms with van der Waals surface area (Å²) in [4.78, 5) is 24.6. The molecule has 3 N–H and O–H groups in total. The van der Waals surface area contributed by atoms with E-state index in [-0.39, 0.29) is 30.7 Å². The van der Waals surface area contributed by atoms with Crippen molar-refractivity contribution in [2.45, 2.75) is 73.2 Å². The van der Waals surface area contributed by atoms with Gasteiger partial charge in [-0.2, -0.15) is 0 Å². The Balaban J connectivity index is 1.60. The van der Waals surface area contributed by atoms with Gasteiger partial charge in [-0.05, 0) is 74.9 Å². The van der Waals surface area contributed by atoms with Crippen LogP contribution in [0.25, 0.3) is 0 Å². The average molecular weight is 557 g/mol. The zero-order valence-corrected chi connectivity index (χ0v) is 24.1. The van der Waals surface area contributed by atoms with E-state index < -0.39 is 25.5 Å². The van der Waals surface area contributed by atoms with Crippen LogP contribution >= 0.6 is 7.52 Å². The van der Waals surface area contributed by atoms with Crippen LogP contribution in [0.2, 0.25) is 0 Å². The van der Waals surface area contributed by atoms with Gasteiger partial charge in [0.1, 0.15) is 29.7 Å². The fourth-order valence-corrected chi connectivity index (χ4v) is 7.37. The normalized spacial score (nSPS) is 16.7. The van der Waals surface area contributed by atoms with Gasteiger partial charge in [-0.25, -0.2) is 9.88 Å². The Labute approximate surface area is 229 Å². The number of rotatable bonds is 11. The first-order valence-electron chi connectivity index (χ1n) is 13.3. The Morgan fingerprint density at radius 2 is 2.00 bits per heavy atom. The third kappa shape index (κ3) is 6.21. The molecule has 0 radical (unpaired) electrons. The van der Waals surface area contributed by atoms with E-state index in [1.54, 1.807) is 19.9 Å². The molecular weight excluding hydrogens is 519 g/mol. The molecule has 2 aromatic carbocycles. The third-order valence-electron chi connectivity index (χ3n) is 7.20. The molecule has 0 aromatic heterocycles. The van der Waals surface area contributed by atoms with E-state index in [0.717, 1.165) is 34.4 Å². The van der Waals surface area contributed by atoms with E-state index in [2.05, 4.69) is 10.4 Å². The molecule has 2 atom stereocenters. The van der Waals surface area contributed by atoms with Gasteiger partial charge in [-0.3, -0.25) is 9.36 Å². The summed E-state index contributed by atoms with van der Waals surface area (Å²) in [5, 5.41) is 17.2. The molecule has 0 amide bonds. The molecule has 0 aliphatic carbocycles. The van der Waals surface area contributed by atoms with E-state index in [4.69, 9.17) is 14.0 Å². The maximum Gasteiger partial charge on any atom is 0.342 e. The molecule has 0 spiro atoms. The molecule has 0 saturated carbocycles. The minimum absolute atomic E-state index is 0.0280. The van der Waals surface area contributed by atoms with Gasteiger partial charge < -0.3 is 24.4 Å². The van der Waals surface area contributed by atoms with Crippen LogP contribution in [0.4, 0.5) is 0 Å². The zero-order chi connectivity index (χ0) is 28.3. The van der Waals surface area contributed by atoms with Crippen molar-refractivity contribution >= 4 is 19.5 Å². The van der Waals surface area contributed by atoms with Gasteiger partial charge in [0.05, 0.1) is 12.8 Å². The summed E-state index contributed by atoms with van der Waals surface area (Å²) < 4.78 is 30.5. The SMILES string of the molecule is CCOC(=O)[C@H](C)NP(=O)(C/C(C)=C/Cc1c(O)c2c(c(C)c1CC)COC2=O)Oc1ccc2c(c1)CNC2. The molecule has 0 bridgehead atoms. The van der Waals surface area contributed by atoms with Crippen LogP contribution in [-0.4, -0.2) is 35.9 Å². The van der Waals surface area contributed by atoms with Crippen molar-refractivity contribution < 1.29 is 33.3 Å². The third-order valence-corrected chi connectivity index (χ3v) is 9.41. The van der Waals surface area contributed by atoms with Crippen LogP contribution in [0.1, 0.15) is 71.4 Å². The van der Waals surface area contributed by atoms with E-state index in [1.807, 2.05) is 39.0 Å². The van der Waals surface area contributed by atoms with Crippen LogP contribution < -0.4 is 14.9 Å². The second-order valence-corrected chi connectivity index (χ2v) is 12.1. The molecule has 0 fully saturated rings. The lowest BCUT2D eigenvalue weighted by molar-refractivity contribution is -0.144. The number of phenolic OH excluding ortho intramolecular Hbond substituents is 1. The summed E-state index contributed by atoms with van der Waals surface area (Å²) in [6.07, 6.45) is 2.91. The van der Waals surface area contributed by atoms with Crippen LogP contribution in [0, 0.1) is 6.92 Å². The van der Waals surface area contributed by atoms with Crippen molar-refractivity contribution in [1.29, 1.82) is 0 Å². The summed E-state index contributed by atoms with van der Waals surface area (Å²) in [5.41, 5.74) is 6.53. The van der Waals surface area contributed by atoms with E-state index >= 15 is 0 Å². The Kier molecular flexibility index (Phi) is 8.84. The molecule has 2 aromatic rings. The first kappa shape index (κ1) is 28.9. The number of aromatic hydroxyl groups is 1. The zero-order valence-electron chi connectivity index (χ0n) is 23.2. The molecule has 1 unspecified atom stereocenters. The van der Waals surface area contributed by atoms with Gasteiger partial charge in [-0.15, -0.1) is 0 Å². The lowest BCUT2D eigenvalue weighted by atomic mass is 9.89. The number of hydrogen-bond acceptors (Lipinski definition) is 8. The van der Waals surface area contributed by atoms with E-state index in [9.17, 15) is 19.3 Å². The molecule has 2 aliphatic heterocycles. The number of cyclic esters (lactones) is 1. The quantitative estimate of drug-likeness (QED) is 0.203. The number of allylic oxidation sites excluding steroid dienone is 2. The lowest BCUT2D eigenvalue weighted by Crippen LogP contribution is -2.35. The number of fused-ring (bicyclic) bond motifs is 2. The van der Waals surface area contributed by atoms with Crippen molar-refractivity contribution in [2.75, 3.05) is 12.8 Å². The predicted octanol–water partition coefficient (Wildman–Crippen LogP) is 4.84. The number of nitrogens with one attached hydrogen (secondary N) is 2. The van der Waals surface area contributed by atoms with Gasteiger partial charge in [0.25, 0.3) is 0 Å². The summed E-state index contributed by atoms with van der Waals surface area (Å²) in [6.45, 7) is 10.9. The van der Waals surface area contributed by atoms with Crippen molar-refractivity contribution in [3.05, 3.63) is 68.8 Å². The second-order valence-electron chi connectivity index (χ2n) is 10.0. The van der Waals surface area contributed by atoms with Gasteiger partial charge >= 0.3 is 19.5 Å². The number of carbonyl (C=O) groups excluding carboxylic acids is 2. The highest BCUT2D eigenvalue weighted by molar-refractivity contribution is 7.57. The van der Waals surface area contributed by atoms with Gasteiger partial charge in [0, 0.05) is 24.2 Å². The fraction of sp³-hybridized carbons (Fsp3) is 0.448. The van der Waals surface area contributed by atoms with Crippen molar-refractivity contribution in [3.63, 3.8) is 0 Å². The predicted molar refractivity (Wildman–Crippen MR) is 148 cm³/mol. The maximum atomic E-state index is 14.2. The first-order valence-corrected chi connectivity index (χ1v) is 15.1. The van der Waals surface area contributed by atoms with Crippen molar-refractivity contribution in [1.82, 2.24) is 10.4 Å². The Bertz CT molecular complexity index is 1370. The summed E-state index contributed by atoms with van der Waals surface area (Å²) in [5.74, 6) is -0.635. The van der Waals surface area contributed by atoms with Gasteiger partial charge in [-0.1, -0.05) is 24.6 Å². The molecule has 9 nitrogen and oxygen atoms in total. The van der Waals surface area contributed by atoms with E-state index in [0.29, 0.717) is 30.7 Å². The van der Waals surface area contributed by atoms with Crippen LogP contribution in [0.15, 0.2) is 29.8 Å².